The van der Waals surface area contributed by atoms with Gasteiger partial charge >= 0.3 is 0 Å². The van der Waals surface area contributed by atoms with E-state index >= 15 is 0 Å². The number of amides is 1. The van der Waals surface area contributed by atoms with Crippen LogP contribution in [0, 0.1) is 11.3 Å². The average molecular weight is 376 g/mol. The predicted octanol–water partition coefficient (Wildman–Crippen LogP) is 2.35. The summed E-state index contributed by atoms with van der Waals surface area (Å²) in [5.74, 6) is 0.552. The minimum Gasteiger partial charge on any atom is -0.490 e. The van der Waals surface area contributed by atoms with Crippen molar-refractivity contribution >= 4 is 16.8 Å². The quantitative estimate of drug-likeness (QED) is 0.749. The van der Waals surface area contributed by atoms with Gasteiger partial charge in [0, 0.05) is 19.3 Å². The fraction of sp³-hybridized carbons (Fsp3) is 0.350. The Labute approximate surface area is 162 Å². The van der Waals surface area contributed by atoms with Gasteiger partial charge in [-0.15, -0.1) is 5.10 Å². The molecule has 0 radical (unpaired) electrons. The van der Waals surface area contributed by atoms with Crippen molar-refractivity contribution in [3.63, 3.8) is 0 Å². The molecule has 0 saturated heterocycles. The SMILES string of the molecule is Cn1ncc2c(OC3CCC(NC(=O)c4cccnn4)CC3)ccc(C#N)c21. The van der Waals surface area contributed by atoms with E-state index in [-0.39, 0.29) is 18.1 Å². The second kappa shape index (κ2) is 7.64. The fourth-order valence-corrected chi connectivity index (χ4v) is 3.64. The highest BCUT2D eigenvalue weighted by Gasteiger charge is 2.25. The number of nitrogens with zero attached hydrogens (tertiary/aromatic N) is 5. The summed E-state index contributed by atoms with van der Waals surface area (Å²) in [6.07, 6.45) is 6.70. The average Bonchev–Trinajstić information content (AvgIpc) is 3.13. The van der Waals surface area contributed by atoms with Gasteiger partial charge < -0.3 is 10.1 Å². The third-order valence-electron chi connectivity index (χ3n) is 5.09. The van der Waals surface area contributed by atoms with Gasteiger partial charge in [-0.05, 0) is 49.9 Å². The molecule has 28 heavy (non-hydrogen) atoms. The molecule has 3 aromatic rings. The van der Waals surface area contributed by atoms with Crippen molar-refractivity contribution in [2.75, 3.05) is 0 Å². The van der Waals surface area contributed by atoms with Gasteiger partial charge in [-0.3, -0.25) is 9.48 Å². The molecule has 1 aliphatic rings. The maximum absolute atomic E-state index is 12.2. The number of carbonyl (C=O) groups is 1. The molecule has 1 aliphatic carbocycles. The number of benzene rings is 1. The Morgan fingerprint density at radius 3 is 2.82 bits per heavy atom. The van der Waals surface area contributed by atoms with Gasteiger partial charge in [0.2, 0.25) is 0 Å². The Bertz CT molecular complexity index is 1030. The van der Waals surface area contributed by atoms with Crippen molar-refractivity contribution in [2.24, 2.45) is 7.05 Å². The molecule has 1 fully saturated rings. The second-order valence-electron chi connectivity index (χ2n) is 6.93. The van der Waals surface area contributed by atoms with Gasteiger partial charge in [-0.2, -0.15) is 15.5 Å². The molecule has 0 aliphatic heterocycles. The number of rotatable bonds is 4. The Hall–Kier alpha value is -3.47. The lowest BCUT2D eigenvalue weighted by Crippen LogP contribution is -2.40. The van der Waals surface area contributed by atoms with Crippen LogP contribution in [0.3, 0.4) is 0 Å². The van der Waals surface area contributed by atoms with Crippen LogP contribution in [0.15, 0.2) is 36.7 Å². The molecule has 1 N–H and O–H groups in total. The van der Waals surface area contributed by atoms with Crippen molar-refractivity contribution in [3.8, 4) is 11.8 Å². The molecule has 0 unspecified atom stereocenters. The number of hydrogen-bond donors (Lipinski definition) is 1. The second-order valence-corrected chi connectivity index (χ2v) is 6.93. The zero-order chi connectivity index (χ0) is 19.5. The normalized spacial score (nSPS) is 19.1. The van der Waals surface area contributed by atoms with Crippen molar-refractivity contribution in [2.45, 2.75) is 37.8 Å². The van der Waals surface area contributed by atoms with Crippen LogP contribution in [0.2, 0.25) is 0 Å². The van der Waals surface area contributed by atoms with Crippen molar-refractivity contribution in [1.82, 2.24) is 25.3 Å². The highest BCUT2D eigenvalue weighted by molar-refractivity contribution is 5.92. The number of fused-ring (bicyclic) bond motifs is 1. The van der Waals surface area contributed by atoms with Crippen molar-refractivity contribution in [3.05, 3.63) is 47.9 Å². The molecular formula is C20H20N6O2. The summed E-state index contributed by atoms with van der Waals surface area (Å²) < 4.78 is 7.92. The van der Waals surface area contributed by atoms with Crippen LogP contribution in [0.25, 0.3) is 10.9 Å². The number of nitrogens with one attached hydrogen (secondary N) is 1. The molecule has 0 bridgehead atoms. The Morgan fingerprint density at radius 1 is 1.29 bits per heavy atom. The lowest BCUT2D eigenvalue weighted by Gasteiger charge is -2.29. The van der Waals surface area contributed by atoms with Crippen LogP contribution in [-0.4, -0.2) is 38.0 Å². The zero-order valence-electron chi connectivity index (χ0n) is 15.5. The highest BCUT2D eigenvalue weighted by Crippen LogP contribution is 2.31. The first kappa shape index (κ1) is 17.9. The van der Waals surface area contributed by atoms with Gasteiger partial charge in [0.15, 0.2) is 5.69 Å². The molecule has 0 spiro atoms. The molecule has 8 nitrogen and oxygen atoms in total. The molecule has 1 amide bonds. The minimum atomic E-state index is -0.193. The van der Waals surface area contributed by atoms with Crippen molar-refractivity contribution < 1.29 is 9.53 Å². The summed E-state index contributed by atoms with van der Waals surface area (Å²) in [6.45, 7) is 0. The van der Waals surface area contributed by atoms with Crippen LogP contribution in [0.5, 0.6) is 5.75 Å². The van der Waals surface area contributed by atoms with E-state index in [0.29, 0.717) is 11.3 Å². The molecule has 2 heterocycles. The molecule has 8 heteroatoms. The molecular weight excluding hydrogens is 356 g/mol. The number of aryl methyl sites for hydroxylation is 1. The maximum atomic E-state index is 12.2. The molecule has 1 saturated carbocycles. The topological polar surface area (TPSA) is 106 Å². The molecule has 142 valence electrons. The van der Waals surface area contributed by atoms with E-state index in [4.69, 9.17) is 4.74 Å². The van der Waals surface area contributed by atoms with Crippen LogP contribution >= 0.6 is 0 Å². The summed E-state index contributed by atoms with van der Waals surface area (Å²) in [7, 11) is 1.82. The summed E-state index contributed by atoms with van der Waals surface area (Å²) in [5, 5.41) is 25.0. The van der Waals surface area contributed by atoms with E-state index in [1.807, 2.05) is 13.1 Å². The number of aromatic nitrogens is 4. The monoisotopic (exact) mass is 376 g/mol. The summed E-state index contributed by atoms with van der Waals surface area (Å²) in [5.41, 5.74) is 1.69. The minimum absolute atomic E-state index is 0.0704. The van der Waals surface area contributed by atoms with Gasteiger partial charge in [0.25, 0.3) is 5.91 Å². The molecule has 0 atom stereocenters. The first-order chi connectivity index (χ1) is 13.7. The van der Waals surface area contributed by atoms with Crippen LogP contribution in [0.4, 0.5) is 0 Å². The number of hydrogen-bond acceptors (Lipinski definition) is 6. The predicted molar refractivity (Wildman–Crippen MR) is 102 cm³/mol. The zero-order valence-corrected chi connectivity index (χ0v) is 15.5. The van der Waals surface area contributed by atoms with Crippen molar-refractivity contribution in [1.29, 1.82) is 5.26 Å². The van der Waals surface area contributed by atoms with E-state index in [0.717, 1.165) is 42.3 Å². The molecule has 4 rings (SSSR count). The number of ether oxygens (including phenoxy) is 1. The van der Waals surface area contributed by atoms with Gasteiger partial charge in [-0.25, -0.2) is 0 Å². The van der Waals surface area contributed by atoms with Crippen LogP contribution in [0.1, 0.15) is 41.7 Å². The third-order valence-corrected chi connectivity index (χ3v) is 5.09. The van der Waals surface area contributed by atoms with E-state index < -0.39 is 0 Å². The summed E-state index contributed by atoms with van der Waals surface area (Å²) in [6, 6.07) is 9.26. The van der Waals surface area contributed by atoms with E-state index in [1.54, 1.807) is 35.3 Å². The van der Waals surface area contributed by atoms with Crippen LogP contribution < -0.4 is 10.1 Å². The van der Waals surface area contributed by atoms with E-state index in [2.05, 4.69) is 26.7 Å². The number of nitriles is 1. The van der Waals surface area contributed by atoms with E-state index in [1.165, 1.54) is 0 Å². The van der Waals surface area contributed by atoms with E-state index in [9.17, 15) is 10.1 Å². The summed E-state index contributed by atoms with van der Waals surface area (Å²) in [4.78, 5) is 12.2. The Morgan fingerprint density at radius 2 is 2.11 bits per heavy atom. The van der Waals surface area contributed by atoms with Crippen LogP contribution in [-0.2, 0) is 7.05 Å². The lowest BCUT2D eigenvalue weighted by atomic mass is 9.92. The van der Waals surface area contributed by atoms with Gasteiger partial charge in [0.1, 0.15) is 11.8 Å². The molecule has 2 aromatic heterocycles. The number of carbonyl (C=O) groups excluding carboxylic acids is 1. The van der Waals surface area contributed by atoms with Gasteiger partial charge in [0.05, 0.1) is 28.8 Å². The maximum Gasteiger partial charge on any atom is 0.272 e. The largest absolute Gasteiger partial charge is 0.490 e. The Balaban J connectivity index is 1.38. The molecule has 1 aromatic carbocycles. The Kier molecular flexibility index (Phi) is 4.89. The third kappa shape index (κ3) is 3.51. The summed E-state index contributed by atoms with van der Waals surface area (Å²) >= 11 is 0. The first-order valence-corrected chi connectivity index (χ1v) is 9.25. The van der Waals surface area contributed by atoms with Gasteiger partial charge in [-0.1, -0.05) is 0 Å². The standard InChI is InChI=1S/C20H20N6O2/c1-26-19-13(11-21)4-9-18(16(19)12-23-26)28-15-7-5-14(6-8-15)24-20(27)17-3-2-10-22-25-17/h2-4,9-10,12,14-15H,5-8H2,1H3,(H,24,27). The lowest BCUT2D eigenvalue weighted by molar-refractivity contribution is 0.0889. The smallest absolute Gasteiger partial charge is 0.272 e. The first-order valence-electron chi connectivity index (χ1n) is 9.25. The fourth-order valence-electron chi connectivity index (χ4n) is 3.64. The highest BCUT2D eigenvalue weighted by atomic mass is 16.5.